The molecular weight excluding hydrogens is 336 g/mol. The summed E-state index contributed by atoms with van der Waals surface area (Å²) in [7, 11) is 1.70. The summed E-state index contributed by atoms with van der Waals surface area (Å²) in [6, 6.07) is 8.34. The predicted molar refractivity (Wildman–Crippen MR) is 114 cm³/mol. The Balaban J connectivity index is 0.000000293. The molecule has 0 aliphatic heterocycles. The molecule has 1 aliphatic carbocycles. The zero-order valence-electron chi connectivity index (χ0n) is 17.5. The number of hydrogen-bond donors (Lipinski definition) is 0. The summed E-state index contributed by atoms with van der Waals surface area (Å²) in [6.45, 7) is 7.55. The van der Waals surface area contributed by atoms with Gasteiger partial charge in [-0.05, 0) is 61.8 Å². The molecule has 0 saturated carbocycles. The second-order valence-electron chi connectivity index (χ2n) is 6.96. The molecule has 0 aromatic heterocycles. The Kier molecular flexibility index (Phi) is 12.0. The molecule has 0 bridgehead atoms. The van der Waals surface area contributed by atoms with Crippen molar-refractivity contribution in [2.75, 3.05) is 13.7 Å². The van der Waals surface area contributed by atoms with Crippen LogP contribution in [0.4, 0.5) is 0 Å². The van der Waals surface area contributed by atoms with Gasteiger partial charge in [-0.1, -0.05) is 63.0 Å². The molecule has 3 nitrogen and oxygen atoms in total. The average molecular weight is 373 g/mol. The lowest BCUT2D eigenvalue weighted by atomic mass is 9.91. The molecule has 0 saturated heterocycles. The summed E-state index contributed by atoms with van der Waals surface area (Å²) < 4.78 is 9.87. The third-order valence-electron chi connectivity index (χ3n) is 5.05. The van der Waals surface area contributed by atoms with E-state index >= 15 is 0 Å². The van der Waals surface area contributed by atoms with E-state index in [1.54, 1.807) is 7.11 Å². The largest absolute Gasteiger partial charge is 0.497 e. The van der Waals surface area contributed by atoms with Crippen LogP contribution in [0.25, 0.3) is 5.57 Å². The van der Waals surface area contributed by atoms with Gasteiger partial charge in [0.1, 0.15) is 5.75 Å². The fourth-order valence-electron chi connectivity index (χ4n) is 3.19. The summed E-state index contributed by atoms with van der Waals surface area (Å²) in [5, 5.41) is 0. The number of ether oxygens (including phenoxy) is 2. The van der Waals surface area contributed by atoms with Gasteiger partial charge in [-0.2, -0.15) is 0 Å². The summed E-state index contributed by atoms with van der Waals surface area (Å²) in [6.07, 6.45) is 12.9. The van der Waals surface area contributed by atoms with Crippen molar-refractivity contribution in [3.8, 4) is 5.75 Å². The molecule has 27 heavy (non-hydrogen) atoms. The van der Waals surface area contributed by atoms with Crippen LogP contribution >= 0.6 is 0 Å². The Morgan fingerprint density at radius 3 is 2.44 bits per heavy atom. The minimum atomic E-state index is 0.536. The Hall–Kier alpha value is -2.03. The highest BCUT2D eigenvalue weighted by molar-refractivity contribution is 5.69. The lowest BCUT2D eigenvalue weighted by molar-refractivity contribution is -0.130. The molecule has 0 radical (unpaired) electrons. The number of allylic oxidation sites excluding steroid dienone is 4. The average Bonchev–Trinajstić information content (AvgIpc) is 2.74. The molecule has 3 heteroatoms. The molecule has 0 fully saturated rings. The second kappa shape index (κ2) is 14.1. The van der Waals surface area contributed by atoms with Crippen molar-refractivity contribution in [2.24, 2.45) is 5.92 Å². The van der Waals surface area contributed by atoms with Gasteiger partial charge in [-0.25, -0.2) is 0 Å². The van der Waals surface area contributed by atoms with Gasteiger partial charge in [0.2, 0.25) is 0 Å². The molecule has 1 aromatic rings. The van der Waals surface area contributed by atoms with Gasteiger partial charge < -0.3 is 9.47 Å². The van der Waals surface area contributed by atoms with Crippen LogP contribution in [0, 0.1) is 5.92 Å². The third kappa shape index (κ3) is 8.94. The van der Waals surface area contributed by atoms with Crippen molar-refractivity contribution >= 4 is 12.0 Å². The van der Waals surface area contributed by atoms with Crippen molar-refractivity contribution in [1.82, 2.24) is 0 Å². The SMILES string of the molecule is C/C=C1/C=C(c2ccc(OC)cc2)CCC1.CCCCC(CC)COC=O. The van der Waals surface area contributed by atoms with E-state index < -0.39 is 0 Å². The van der Waals surface area contributed by atoms with Gasteiger partial charge in [0, 0.05) is 0 Å². The second-order valence-corrected chi connectivity index (χ2v) is 6.96. The lowest BCUT2D eigenvalue weighted by Crippen LogP contribution is -2.07. The normalized spacial score (nSPS) is 16.0. The number of benzene rings is 1. The van der Waals surface area contributed by atoms with E-state index in [0.717, 1.165) is 12.2 Å². The Bertz CT molecular complexity index is 584. The van der Waals surface area contributed by atoms with Crippen molar-refractivity contribution in [1.29, 1.82) is 0 Å². The molecule has 1 aromatic carbocycles. The fraction of sp³-hybridized carbons (Fsp3) is 0.542. The number of rotatable bonds is 9. The van der Waals surface area contributed by atoms with Crippen molar-refractivity contribution in [2.45, 2.75) is 65.7 Å². The maximum atomic E-state index is 9.88. The smallest absolute Gasteiger partial charge is 0.293 e. The summed E-state index contributed by atoms with van der Waals surface area (Å²) in [5.74, 6) is 1.49. The molecule has 1 atom stereocenters. The maximum Gasteiger partial charge on any atom is 0.293 e. The summed E-state index contributed by atoms with van der Waals surface area (Å²) in [4.78, 5) is 9.88. The van der Waals surface area contributed by atoms with Crippen LogP contribution in [0.1, 0.15) is 71.3 Å². The Morgan fingerprint density at radius 2 is 1.89 bits per heavy atom. The first kappa shape index (κ1) is 23.0. The minimum Gasteiger partial charge on any atom is -0.497 e. The van der Waals surface area contributed by atoms with Crippen molar-refractivity contribution in [3.05, 3.63) is 47.6 Å². The molecule has 0 N–H and O–H groups in total. The van der Waals surface area contributed by atoms with Gasteiger partial charge in [0.25, 0.3) is 6.47 Å². The molecule has 0 heterocycles. The van der Waals surface area contributed by atoms with E-state index in [4.69, 9.17) is 9.47 Å². The molecule has 0 amide bonds. The van der Waals surface area contributed by atoms with Crippen LogP contribution in [0.15, 0.2) is 42.0 Å². The molecule has 1 aliphatic rings. The molecule has 2 rings (SSSR count). The first-order valence-corrected chi connectivity index (χ1v) is 10.2. The van der Waals surface area contributed by atoms with Crippen LogP contribution in [-0.4, -0.2) is 20.2 Å². The lowest BCUT2D eigenvalue weighted by Gasteiger charge is -2.15. The molecule has 150 valence electrons. The van der Waals surface area contributed by atoms with Crippen LogP contribution in [-0.2, 0) is 9.53 Å². The Labute approximate surface area is 165 Å². The maximum absolute atomic E-state index is 9.88. The zero-order valence-corrected chi connectivity index (χ0v) is 17.5. The predicted octanol–water partition coefficient (Wildman–Crippen LogP) is 6.58. The highest BCUT2D eigenvalue weighted by atomic mass is 16.5. The molecule has 1 unspecified atom stereocenters. The molecule has 0 spiro atoms. The highest BCUT2D eigenvalue weighted by Gasteiger charge is 2.08. The van der Waals surface area contributed by atoms with Crippen LogP contribution in [0.3, 0.4) is 0 Å². The van der Waals surface area contributed by atoms with E-state index in [9.17, 15) is 4.79 Å². The van der Waals surface area contributed by atoms with E-state index in [0.29, 0.717) is 19.0 Å². The fourth-order valence-corrected chi connectivity index (χ4v) is 3.19. The van der Waals surface area contributed by atoms with E-state index in [1.807, 2.05) is 12.1 Å². The van der Waals surface area contributed by atoms with E-state index in [-0.39, 0.29) is 0 Å². The van der Waals surface area contributed by atoms with Gasteiger partial charge >= 0.3 is 0 Å². The summed E-state index contributed by atoms with van der Waals surface area (Å²) in [5.41, 5.74) is 4.22. The summed E-state index contributed by atoms with van der Waals surface area (Å²) >= 11 is 0. The highest BCUT2D eigenvalue weighted by Crippen LogP contribution is 2.30. The first-order chi connectivity index (χ1) is 13.2. The van der Waals surface area contributed by atoms with Gasteiger partial charge in [-0.3, -0.25) is 4.79 Å². The Morgan fingerprint density at radius 1 is 1.15 bits per heavy atom. The topological polar surface area (TPSA) is 35.5 Å². The number of methoxy groups -OCH3 is 1. The first-order valence-electron chi connectivity index (χ1n) is 10.2. The number of hydrogen-bond acceptors (Lipinski definition) is 3. The van der Waals surface area contributed by atoms with Gasteiger partial charge in [-0.15, -0.1) is 0 Å². The third-order valence-corrected chi connectivity index (χ3v) is 5.05. The number of carbonyl (C=O) groups is 1. The number of unbranched alkanes of at least 4 members (excludes halogenated alkanes) is 1. The van der Waals surface area contributed by atoms with E-state index in [1.165, 1.54) is 55.2 Å². The standard InChI is InChI=1S/C15H18O.C9H18O2/c1-3-12-5-4-6-14(11-12)13-7-9-15(16-2)10-8-13;1-3-5-6-9(4-2)7-11-8-10/h3,7-11H,4-6H2,1-2H3;8-9H,3-7H2,1-2H3/b12-3+;. The number of carbonyl (C=O) groups excluding carboxylic acids is 1. The van der Waals surface area contributed by atoms with Crippen molar-refractivity contribution in [3.63, 3.8) is 0 Å². The van der Waals surface area contributed by atoms with Gasteiger partial charge in [0.05, 0.1) is 13.7 Å². The van der Waals surface area contributed by atoms with Crippen molar-refractivity contribution < 1.29 is 14.3 Å². The zero-order chi connectivity index (χ0) is 19.9. The van der Waals surface area contributed by atoms with Gasteiger partial charge in [0.15, 0.2) is 0 Å². The minimum absolute atomic E-state index is 0.536. The quantitative estimate of drug-likeness (QED) is 0.459. The van der Waals surface area contributed by atoms with Crippen LogP contribution in [0.2, 0.25) is 0 Å². The monoisotopic (exact) mass is 372 g/mol. The van der Waals surface area contributed by atoms with Crippen LogP contribution < -0.4 is 4.74 Å². The van der Waals surface area contributed by atoms with Crippen LogP contribution in [0.5, 0.6) is 5.75 Å². The molecular formula is C24H36O3. The van der Waals surface area contributed by atoms with E-state index in [2.05, 4.69) is 45.1 Å².